The number of hydrogen-bond donors (Lipinski definition) is 1. The number of nitrogens with one attached hydrogen (secondary N) is 1. The molecule has 2 aliphatic heterocycles. The molecule has 0 spiro atoms. The van der Waals surface area contributed by atoms with E-state index in [4.69, 9.17) is 0 Å². The molecular weight excluding hydrogens is 252 g/mol. The fourth-order valence-corrected chi connectivity index (χ4v) is 3.44. The lowest BCUT2D eigenvalue weighted by Gasteiger charge is -2.26. The van der Waals surface area contributed by atoms with E-state index in [0.717, 1.165) is 31.6 Å². The first-order chi connectivity index (χ1) is 9.74. The first kappa shape index (κ1) is 13.6. The first-order valence-corrected chi connectivity index (χ1v) is 7.79. The van der Waals surface area contributed by atoms with Gasteiger partial charge in [0.05, 0.1) is 0 Å². The van der Waals surface area contributed by atoms with Crippen LogP contribution in [0, 0.1) is 6.92 Å². The van der Waals surface area contributed by atoms with Crippen LogP contribution < -0.4 is 0 Å². The Morgan fingerprint density at radius 3 is 2.70 bits per heavy atom. The van der Waals surface area contributed by atoms with Gasteiger partial charge in [-0.25, -0.2) is 0 Å². The van der Waals surface area contributed by atoms with Gasteiger partial charge < -0.3 is 9.80 Å². The molecule has 1 aromatic rings. The number of carbonyl (C=O) groups excluding carboxylic acids is 1. The van der Waals surface area contributed by atoms with Crippen LogP contribution in [0.3, 0.4) is 0 Å². The lowest BCUT2D eigenvalue weighted by atomic mass is 10.1. The number of H-pyrrole nitrogens is 1. The Bertz CT molecular complexity index is 464. The van der Waals surface area contributed by atoms with Crippen molar-refractivity contribution < 1.29 is 4.79 Å². The number of amides is 1. The van der Waals surface area contributed by atoms with Crippen molar-refractivity contribution >= 4 is 5.91 Å². The fourth-order valence-electron chi connectivity index (χ4n) is 3.44. The Morgan fingerprint density at radius 2 is 2.00 bits per heavy atom. The van der Waals surface area contributed by atoms with Crippen LogP contribution in [-0.2, 0) is 0 Å². The van der Waals surface area contributed by atoms with E-state index < -0.39 is 0 Å². The number of nitrogens with zero attached hydrogens (tertiary/aromatic N) is 3. The van der Waals surface area contributed by atoms with Crippen LogP contribution in [0.15, 0.2) is 6.07 Å². The monoisotopic (exact) mass is 276 g/mol. The normalized spacial score (nSPS) is 24.9. The lowest BCUT2D eigenvalue weighted by molar-refractivity contribution is 0.0752. The van der Waals surface area contributed by atoms with E-state index in [1.807, 2.05) is 17.9 Å². The molecule has 5 heteroatoms. The van der Waals surface area contributed by atoms with E-state index in [0.29, 0.717) is 11.7 Å². The van der Waals surface area contributed by atoms with E-state index in [2.05, 4.69) is 15.1 Å². The van der Waals surface area contributed by atoms with Crippen molar-refractivity contribution in [1.82, 2.24) is 20.0 Å². The van der Waals surface area contributed by atoms with Crippen LogP contribution in [0.25, 0.3) is 0 Å². The van der Waals surface area contributed by atoms with Gasteiger partial charge in [0.15, 0.2) is 0 Å². The molecule has 3 rings (SSSR count). The summed E-state index contributed by atoms with van der Waals surface area (Å²) >= 11 is 0. The predicted octanol–water partition coefficient (Wildman–Crippen LogP) is 1.81. The average molecular weight is 276 g/mol. The predicted molar refractivity (Wildman–Crippen MR) is 77.7 cm³/mol. The quantitative estimate of drug-likeness (QED) is 0.896. The van der Waals surface area contributed by atoms with E-state index in [1.165, 1.54) is 32.4 Å². The summed E-state index contributed by atoms with van der Waals surface area (Å²) in [6.07, 6.45) is 6.12. The van der Waals surface area contributed by atoms with E-state index in [9.17, 15) is 4.79 Å². The molecule has 0 saturated carbocycles. The Hall–Kier alpha value is -1.36. The summed E-state index contributed by atoms with van der Waals surface area (Å²) < 4.78 is 0. The number of aryl methyl sites for hydroxylation is 1. The first-order valence-electron chi connectivity index (χ1n) is 7.79. The zero-order chi connectivity index (χ0) is 13.9. The van der Waals surface area contributed by atoms with Gasteiger partial charge in [0, 0.05) is 24.8 Å². The summed E-state index contributed by atoms with van der Waals surface area (Å²) in [6.45, 7) is 6.16. The Kier molecular flexibility index (Phi) is 4.05. The number of rotatable bonds is 2. The van der Waals surface area contributed by atoms with Crippen LogP contribution >= 0.6 is 0 Å². The van der Waals surface area contributed by atoms with E-state index >= 15 is 0 Å². The zero-order valence-corrected chi connectivity index (χ0v) is 12.3. The topological polar surface area (TPSA) is 52.2 Å². The Morgan fingerprint density at radius 1 is 1.20 bits per heavy atom. The minimum Gasteiger partial charge on any atom is -0.337 e. The second-order valence-corrected chi connectivity index (χ2v) is 6.06. The number of likely N-dealkylation sites (tertiary alicyclic amines) is 2. The van der Waals surface area contributed by atoms with Crippen molar-refractivity contribution in [2.45, 2.75) is 45.1 Å². The third-order valence-corrected chi connectivity index (χ3v) is 4.57. The highest BCUT2D eigenvalue weighted by Crippen LogP contribution is 2.22. The maximum atomic E-state index is 12.4. The van der Waals surface area contributed by atoms with Gasteiger partial charge in [-0.05, 0) is 58.2 Å². The Balaban J connectivity index is 1.60. The molecule has 0 aromatic carbocycles. The van der Waals surface area contributed by atoms with E-state index in [-0.39, 0.29) is 5.91 Å². The molecule has 1 unspecified atom stereocenters. The van der Waals surface area contributed by atoms with Gasteiger partial charge in [0.1, 0.15) is 5.69 Å². The van der Waals surface area contributed by atoms with Crippen molar-refractivity contribution in [2.75, 3.05) is 26.2 Å². The largest absolute Gasteiger partial charge is 0.337 e. The highest BCUT2D eigenvalue weighted by molar-refractivity contribution is 5.92. The molecule has 1 aromatic heterocycles. The van der Waals surface area contributed by atoms with Gasteiger partial charge in [-0.1, -0.05) is 0 Å². The number of aromatic amines is 1. The molecule has 2 aliphatic rings. The summed E-state index contributed by atoms with van der Waals surface area (Å²) in [7, 11) is 0. The molecule has 3 heterocycles. The SMILES string of the molecule is Cc1cc(C(=O)N2CCCC(N3CCCC3)CC2)n[nH]1. The standard InChI is InChI=1S/C15H24N4O/c1-12-11-14(17-16-12)15(20)19-9-4-5-13(6-10-19)18-7-2-3-8-18/h11,13H,2-10H2,1H3,(H,16,17). The smallest absolute Gasteiger partial charge is 0.274 e. The maximum Gasteiger partial charge on any atom is 0.274 e. The zero-order valence-electron chi connectivity index (χ0n) is 12.3. The molecule has 20 heavy (non-hydrogen) atoms. The second-order valence-electron chi connectivity index (χ2n) is 6.06. The highest BCUT2D eigenvalue weighted by atomic mass is 16.2. The van der Waals surface area contributed by atoms with Crippen LogP contribution in [0.4, 0.5) is 0 Å². The second kappa shape index (κ2) is 5.95. The van der Waals surface area contributed by atoms with Gasteiger partial charge >= 0.3 is 0 Å². The minimum atomic E-state index is 0.0800. The van der Waals surface area contributed by atoms with Gasteiger partial charge in [-0.3, -0.25) is 9.89 Å². The van der Waals surface area contributed by atoms with Crippen molar-refractivity contribution in [1.29, 1.82) is 0 Å². The molecule has 5 nitrogen and oxygen atoms in total. The summed E-state index contributed by atoms with van der Waals surface area (Å²) in [5.41, 5.74) is 1.50. The third kappa shape index (κ3) is 2.87. The van der Waals surface area contributed by atoms with Crippen LogP contribution in [-0.4, -0.2) is 58.1 Å². The molecule has 110 valence electrons. The molecule has 0 bridgehead atoms. The molecule has 1 amide bonds. The molecule has 2 fully saturated rings. The molecule has 0 radical (unpaired) electrons. The van der Waals surface area contributed by atoms with Crippen molar-refractivity contribution in [2.24, 2.45) is 0 Å². The molecule has 1 atom stereocenters. The minimum absolute atomic E-state index is 0.0800. The molecule has 0 aliphatic carbocycles. The van der Waals surface area contributed by atoms with Gasteiger partial charge in [0.25, 0.3) is 5.91 Å². The molecular formula is C15H24N4O. The fraction of sp³-hybridized carbons (Fsp3) is 0.733. The Labute approximate surface area is 120 Å². The van der Waals surface area contributed by atoms with Crippen LogP contribution in [0.2, 0.25) is 0 Å². The van der Waals surface area contributed by atoms with Gasteiger partial charge in [-0.15, -0.1) is 0 Å². The maximum absolute atomic E-state index is 12.4. The molecule has 2 saturated heterocycles. The number of carbonyl (C=O) groups is 1. The van der Waals surface area contributed by atoms with Crippen molar-refractivity contribution in [3.63, 3.8) is 0 Å². The summed E-state index contributed by atoms with van der Waals surface area (Å²) in [5.74, 6) is 0.0800. The van der Waals surface area contributed by atoms with Gasteiger partial charge in [-0.2, -0.15) is 5.10 Å². The number of aromatic nitrogens is 2. The van der Waals surface area contributed by atoms with Crippen LogP contribution in [0.1, 0.15) is 48.3 Å². The summed E-state index contributed by atoms with van der Waals surface area (Å²) in [6, 6.07) is 2.52. The van der Waals surface area contributed by atoms with Gasteiger partial charge in [0.2, 0.25) is 0 Å². The van der Waals surface area contributed by atoms with Crippen molar-refractivity contribution in [3.8, 4) is 0 Å². The van der Waals surface area contributed by atoms with E-state index in [1.54, 1.807) is 0 Å². The third-order valence-electron chi connectivity index (χ3n) is 4.57. The van der Waals surface area contributed by atoms with Crippen LogP contribution in [0.5, 0.6) is 0 Å². The van der Waals surface area contributed by atoms with Crippen molar-refractivity contribution in [3.05, 3.63) is 17.5 Å². The molecule has 1 N–H and O–H groups in total. The average Bonchev–Trinajstić information content (AvgIpc) is 3.05. The summed E-state index contributed by atoms with van der Waals surface area (Å²) in [4.78, 5) is 17.0. The number of hydrogen-bond acceptors (Lipinski definition) is 3. The highest BCUT2D eigenvalue weighted by Gasteiger charge is 2.27. The summed E-state index contributed by atoms with van der Waals surface area (Å²) in [5, 5.41) is 6.94. The lowest BCUT2D eigenvalue weighted by Crippen LogP contribution is -2.35.